The molecule has 3 aromatic carbocycles. The van der Waals surface area contributed by atoms with Crippen molar-refractivity contribution >= 4 is 0 Å². The van der Waals surface area contributed by atoms with Crippen LogP contribution in [0.3, 0.4) is 0 Å². The second kappa shape index (κ2) is 7.30. The number of benzene rings is 3. The van der Waals surface area contributed by atoms with Crippen molar-refractivity contribution in [3.8, 4) is 28.0 Å². The molecule has 1 heteroatoms. The second-order valence-electron chi connectivity index (χ2n) is 9.74. The minimum absolute atomic E-state index is 0.0235. The summed E-state index contributed by atoms with van der Waals surface area (Å²) in [4.78, 5) is 0. The predicted molar refractivity (Wildman–Crippen MR) is 129 cm³/mol. The topological polar surface area (TPSA) is 9.23 Å². The number of aryl methyl sites for hydroxylation is 1. The Morgan fingerprint density at radius 2 is 1.47 bits per heavy atom. The molecule has 4 rings (SSSR count). The highest BCUT2D eigenvalue weighted by Gasteiger charge is 2.40. The highest BCUT2D eigenvalue weighted by atomic mass is 16.5. The van der Waals surface area contributed by atoms with Crippen molar-refractivity contribution in [3.63, 3.8) is 0 Å². The van der Waals surface area contributed by atoms with Crippen LogP contribution in [0.5, 0.6) is 5.75 Å². The first kappa shape index (κ1) is 20.7. The van der Waals surface area contributed by atoms with E-state index in [2.05, 4.69) is 96.1 Å². The van der Waals surface area contributed by atoms with Crippen molar-refractivity contribution in [2.24, 2.45) is 0 Å². The van der Waals surface area contributed by atoms with Crippen LogP contribution < -0.4 is 4.74 Å². The molecule has 156 valence electrons. The SMILES string of the molecule is CCC1(CC)c2ccccc2-c2ccc(-c3cc(C)cc(C(C)(C)C)c3OC)cc21. The molecule has 0 heterocycles. The lowest BCUT2D eigenvalue weighted by Gasteiger charge is -2.30. The minimum Gasteiger partial charge on any atom is -0.496 e. The fraction of sp³-hybridized carbons (Fsp3) is 0.379. The third-order valence-corrected chi connectivity index (χ3v) is 7.03. The van der Waals surface area contributed by atoms with Gasteiger partial charge in [-0.05, 0) is 70.7 Å². The summed E-state index contributed by atoms with van der Waals surface area (Å²) in [6, 6.07) is 20.5. The summed E-state index contributed by atoms with van der Waals surface area (Å²) in [5.41, 5.74) is 10.8. The predicted octanol–water partition coefficient (Wildman–Crippen LogP) is 8.05. The lowest BCUT2D eigenvalue weighted by Crippen LogP contribution is -2.23. The molecule has 0 saturated carbocycles. The van der Waals surface area contributed by atoms with Crippen LogP contribution in [-0.4, -0.2) is 7.11 Å². The van der Waals surface area contributed by atoms with E-state index in [4.69, 9.17) is 4.74 Å². The Kier molecular flexibility index (Phi) is 5.04. The zero-order valence-corrected chi connectivity index (χ0v) is 19.5. The first-order valence-electron chi connectivity index (χ1n) is 11.2. The van der Waals surface area contributed by atoms with Crippen molar-refractivity contribution in [1.29, 1.82) is 0 Å². The van der Waals surface area contributed by atoms with Gasteiger partial charge in [0.25, 0.3) is 0 Å². The summed E-state index contributed by atoms with van der Waals surface area (Å²) in [6.07, 6.45) is 2.21. The Hall–Kier alpha value is -2.54. The highest BCUT2D eigenvalue weighted by molar-refractivity contribution is 5.85. The molecule has 0 amide bonds. The van der Waals surface area contributed by atoms with E-state index in [9.17, 15) is 0 Å². The molecule has 1 aliphatic rings. The maximum Gasteiger partial charge on any atom is 0.130 e. The third kappa shape index (κ3) is 2.98. The van der Waals surface area contributed by atoms with Gasteiger partial charge in [-0.3, -0.25) is 0 Å². The van der Waals surface area contributed by atoms with Gasteiger partial charge in [-0.2, -0.15) is 0 Å². The van der Waals surface area contributed by atoms with Gasteiger partial charge >= 0.3 is 0 Å². The molecule has 0 N–H and O–H groups in total. The first-order valence-corrected chi connectivity index (χ1v) is 11.2. The second-order valence-corrected chi connectivity index (χ2v) is 9.74. The minimum atomic E-state index is 0.0235. The number of ether oxygens (including phenoxy) is 1. The Morgan fingerprint density at radius 1 is 0.800 bits per heavy atom. The van der Waals surface area contributed by atoms with Crippen molar-refractivity contribution < 1.29 is 4.74 Å². The molecular weight excluding hydrogens is 364 g/mol. The average molecular weight is 399 g/mol. The van der Waals surface area contributed by atoms with Crippen LogP contribution in [0.2, 0.25) is 0 Å². The first-order chi connectivity index (χ1) is 14.3. The third-order valence-electron chi connectivity index (χ3n) is 7.03. The Bertz CT molecular complexity index is 1090. The van der Waals surface area contributed by atoms with Crippen LogP contribution in [0.25, 0.3) is 22.3 Å². The fourth-order valence-electron chi connectivity index (χ4n) is 5.40. The van der Waals surface area contributed by atoms with Crippen LogP contribution in [0.4, 0.5) is 0 Å². The Morgan fingerprint density at radius 3 is 2.10 bits per heavy atom. The molecule has 1 nitrogen and oxygen atoms in total. The average Bonchev–Trinajstić information content (AvgIpc) is 3.02. The molecule has 0 radical (unpaired) electrons. The van der Waals surface area contributed by atoms with E-state index in [0.717, 1.165) is 18.6 Å². The van der Waals surface area contributed by atoms with Gasteiger partial charge in [-0.1, -0.05) is 77.1 Å². The normalized spacial score (nSPS) is 14.4. The standard InChI is InChI=1S/C29H34O/c1-8-29(9-2)24-13-11-10-12-21(24)22-15-14-20(18-25(22)29)23-16-19(3)17-26(27(23)30-7)28(4,5)6/h10-18H,8-9H2,1-7H3. The molecule has 0 fully saturated rings. The summed E-state index contributed by atoms with van der Waals surface area (Å²) >= 11 is 0. The van der Waals surface area contributed by atoms with Crippen molar-refractivity contribution in [2.45, 2.75) is 65.2 Å². The molecule has 30 heavy (non-hydrogen) atoms. The maximum atomic E-state index is 6.00. The zero-order valence-electron chi connectivity index (χ0n) is 19.5. The molecule has 0 bridgehead atoms. The summed E-state index contributed by atoms with van der Waals surface area (Å²) in [5, 5.41) is 0. The number of fused-ring (bicyclic) bond motifs is 3. The van der Waals surface area contributed by atoms with E-state index in [1.54, 1.807) is 7.11 Å². The van der Waals surface area contributed by atoms with E-state index >= 15 is 0 Å². The number of methoxy groups -OCH3 is 1. The van der Waals surface area contributed by atoms with E-state index in [1.165, 1.54) is 44.5 Å². The van der Waals surface area contributed by atoms with E-state index in [0.29, 0.717) is 0 Å². The summed E-state index contributed by atoms with van der Waals surface area (Å²) in [6.45, 7) is 13.6. The van der Waals surface area contributed by atoms with Crippen LogP contribution in [-0.2, 0) is 10.8 Å². The largest absolute Gasteiger partial charge is 0.496 e. The lowest BCUT2D eigenvalue weighted by molar-refractivity contribution is 0.399. The molecule has 3 aromatic rings. The summed E-state index contributed by atoms with van der Waals surface area (Å²) in [7, 11) is 1.80. The Balaban J connectivity index is 1.98. The molecule has 0 atom stereocenters. The van der Waals surface area contributed by atoms with Crippen LogP contribution >= 0.6 is 0 Å². The number of rotatable bonds is 4. The van der Waals surface area contributed by atoms with Crippen molar-refractivity contribution in [3.05, 3.63) is 76.9 Å². The number of hydrogen-bond acceptors (Lipinski definition) is 1. The van der Waals surface area contributed by atoms with Crippen LogP contribution in [0, 0.1) is 6.92 Å². The van der Waals surface area contributed by atoms with Gasteiger partial charge in [-0.15, -0.1) is 0 Å². The summed E-state index contributed by atoms with van der Waals surface area (Å²) in [5.74, 6) is 1.00. The van der Waals surface area contributed by atoms with Gasteiger partial charge in [0.05, 0.1) is 7.11 Å². The molecule has 1 aliphatic carbocycles. The van der Waals surface area contributed by atoms with Crippen molar-refractivity contribution in [2.75, 3.05) is 7.11 Å². The van der Waals surface area contributed by atoms with Crippen LogP contribution in [0.1, 0.15) is 69.7 Å². The highest BCUT2D eigenvalue weighted by Crippen LogP contribution is 2.53. The zero-order chi connectivity index (χ0) is 21.7. The van der Waals surface area contributed by atoms with E-state index in [1.807, 2.05) is 0 Å². The molecule has 0 aliphatic heterocycles. The molecule has 0 spiro atoms. The molecule has 0 unspecified atom stereocenters. The molecule has 0 saturated heterocycles. The lowest BCUT2D eigenvalue weighted by atomic mass is 9.73. The van der Waals surface area contributed by atoms with Gasteiger partial charge in [-0.25, -0.2) is 0 Å². The quantitative estimate of drug-likeness (QED) is 0.432. The van der Waals surface area contributed by atoms with Gasteiger partial charge in [0.15, 0.2) is 0 Å². The van der Waals surface area contributed by atoms with Gasteiger partial charge < -0.3 is 4.74 Å². The van der Waals surface area contributed by atoms with Crippen molar-refractivity contribution in [1.82, 2.24) is 0 Å². The monoisotopic (exact) mass is 398 g/mol. The fourth-order valence-corrected chi connectivity index (χ4v) is 5.40. The van der Waals surface area contributed by atoms with E-state index in [-0.39, 0.29) is 10.8 Å². The maximum absolute atomic E-state index is 6.00. The smallest absolute Gasteiger partial charge is 0.130 e. The van der Waals surface area contributed by atoms with Crippen LogP contribution in [0.15, 0.2) is 54.6 Å². The summed E-state index contributed by atoms with van der Waals surface area (Å²) < 4.78 is 6.00. The van der Waals surface area contributed by atoms with Gasteiger partial charge in [0, 0.05) is 16.5 Å². The molecular formula is C29H34O. The molecule has 0 aromatic heterocycles. The van der Waals surface area contributed by atoms with Gasteiger partial charge in [0.1, 0.15) is 5.75 Å². The number of hydrogen-bond donors (Lipinski definition) is 0. The van der Waals surface area contributed by atoms with E-state index < -0.39 is 0 Å². The Labute approximate surface area is 182 Å². The van der Waals surface area contributed by atoms with Gasteiger partial charge in [0.2, 0.25) is 0 Å².